The molecular weight excluding hydrogens is 262 g/mol. The Kier molecular flexibility index (Phi) is 6.36. The lowest BCUT2D eigenvalue weighted by molar-refractivity contribution is -0.137. The van der Waals surface area contributed by atoms with E-state index in [-0.39, 0.29) is 0 Å². The van der Waals surface area contributed by atoms with Gasteiger partial charge in [-0.05, 0) is 19.9 Å². The minimum atomic E-state index is -0.478. The molecule has 0 saturated heterocycles. The zero-order chi connectivity index (χ0) is 15.0. The third kappa shape index (κ3) is 4.15. The highest BCUT2D eigenvalue weighted by Crippen LogP contribution is 2.27. The molecule has 1 rings (SSSR count). The van der Waals surface area contributed by atoms with Gasteiger partial charge in [-0.25, -0.2) is 4.79 Å². The van der Waals surface area contributed by atoms with E-state index >= 15 is 0 Å². The number of esters is 1. The van der Waals surface area contributed by atoms with Crippen LogP contribution in [0.3, 0.4) is 0 Å². The topological polar surface area (TPSA) is 66.9 Å². The molecule has 6 heteroatoms. The second-order valence-electron chi connectivity index (χ2n) is 3.60. The van der Waals surface area contributed by atoms with Crippen LogP contribution in [-0.2, 0) is 14.3 Å². The summed E-state index contributed by atoms with van der Waals surface area (Å²) >= 11 is 0. The highest BCUT2D eigenvalue weighted by Gasteiger charge is 2.14. The molecule has 1 aromatic heterocycles. The lowest BCUT2D eigenvalue weighted by atomic mass is 10.2. The van der Waals surface area contributed by atoms with E-state index in [4.69, 9.17) is 18.9 Å². The van der Waals surface area contributed by atoms with Crippen molar-refractivity contribution in [2.75, 3.05) is 27.4 Å². The second kappa shape index (κ2) is 8.04. The molecule has 0 unspecified atom stereocenters. The number of carbonyl (C=O) groups is 1. The number of ether oxygens (including phenoxy) is 4. The number of hydrogen-bond donors (Lipinski definition) is 0. The highest BCUT2D eigenvalue weighted by molar-refractivity contribution is 5.90. The number of nitrogens with zero attached hydrogens (tertiary/aromatic N) is 1. The molecule has 110 valence electrons. The molecule has 1 heterocycles. The van der Waals surface area contributed by atoms with Crippen LogP contribution in [0.4, 0.5) is 0 Å². The Morgan fingerprint density at radius 1 is 1.15 bits per heavy atom. The first kappa shape index (κ1) is 15.8. The molecule has 1 aromatic rings. The number of aromatic nitrogens is 1. The van der Waals surface area contributed by atoms with Crippen molar-refractivity contribution in [2.45, 2.75) is 13.8 Å². The molecule has 0 amide bonds. The molecule has 0 bridgehead atoms. The fourth-order valence-corrected chi connectivity index (χ4v) is 1.52. The fraction of sp³-hybridized carbons (Fsp3) is 0.429. The number of rotatable bonds is 7. The zero-order valence-electron chi connectivity index (χ0n) is 12.1. The number of carbonyl (C=O) groups excluding carboxylic acids is 1. The van der Waals surface area contributed by atoms with Crippen molar-refractivity contribution >= 4 is 11.7 Å². The standard InChI is InChI=1S/C14H19NO5/c1-5-19-11(9-13(16)20-6-2)10-7-8-12(17-3)15-14(10)18-4/h7-9H,5-6H2,1-4H3/b11-9-. The Hall–Kier alpha value is -2.24. The Bertz CT molecular complexity index is 484. The third-order valence-corrected chi connectivity index (χ3v) is 2.34. The first-order valence-corrected chi connectivity index (χ1v) is 6.26. The molecule has 0 aromatic carbocycles. The lowest BCUT2D eigenvalue weighted by Crippen LogP contribution is -2.04. The van der Waals surface area contributed by atoms with E-state index in [1.54, 1.807) is 19.1 Å². The molecule has 0 aliphatic heterocycles. The quantitative estimate of drug-likeness (QED) is 0.433. The maximum absolute atomic E-state index is 11.6. The summed E-state index contributed by atoms with van der Waals surface area (Å²) in [4.78, 5) is 15.7. The van der Waals surface area contributed by atoms with E-state index in [1.165, 1.54) is 20.3 Å². The van der Waals surface area contributed by atoms with E-state index in [0.717, 1.165) is 0 Å². The van der Waals surface area contributed by atoms with E-state index in [1.807, 2.05) is 6.92 Å². The van der Waals surface area contributed by atoms with E-state index in [0.29, 0.717) is 36.3 Å². The van der Waals surface area contributed by atoms with Crippen LogP contribution in [-0.4, -0.2) is 38.4 Å². The van der Waals surface area contributed by atoms with Crippen LogP contribution in [0.1, 0.15) is 19.4 Å². The van der Waals surface area contributed by atoms with E-state index in [2.05, 4.69) is 4.98 Å². The van der Waals surface area contributed by atoms with Crippen LogP contribution in [0.15, 0.2) is 18.2 Å². The van der Waals surface area contributed by atoms with Gasteiger partial charge in [0.05, 0.1) is 39.1 Å². The first-order valence-electron chi connectivity index (χ1n) is 6.26. The van der Waals surface area contributed by atoms with Crippen molar-refractivity contribution in [1.29, 1.82) is 0 Å². The molecule has 0 aliphatic rings. The lowest BCUT2D eigenvalue weighted by Gasteiger charge is -2.12. The first-order chi connectivity index (χ1) is 9.65. The Labute approximate surface area is 118 Å². The van der Waals surface area contributed by atoms with Gasteiger partial charge >= 0.3 is 5.97 Å². The van der Waals surface area contributed by atoms with Gasteiger partial charge in [-0.2, -0.15) is 4.98 Å². The van der Waals surface area contributed by atoms with Gasteiger partial charge in [0.15, 0.2) is 0 Å². The van der Waals surface area contributed by atoms with Crippen LogP contribution in [0, 0.1) is 0 Å². The van der Waals surface area contributed by atoms with Gasteiger partial charge in [-0.3, -0.25) is 0 Å². The van der Waals surface area contributed by atoms with Crippen LogP contribution in [0.25, 0.3) is 5.76 Å². The largest absolute Gasteiger partial charge is 0.493 e. The Morgan fingerprint density at radius 2 is 1.85 bits per heavy atom. The molecule has 0 fully saturated rings. The van der Waals surface area contributed by atoms with Crippen molar-refractivity contribution in [1.82, 2.24) is 4.98 Å². The van der Waals surface area contributed by atoms with Gasteiger partial charge in [0, 0.05) is 6.07 Å². The van der Waals surface area contributed by atoms with Crippen molar-refractivity contribution < 1.29 is 23.7 Å². The predicted octanol–water partition coefficient (Wildman–Crippen LogP) is 2.04. The molecule has 0 aliphatic carbocycles. The van der Waals surface area contributed by atoms with Crippen LogP contribution >= 0.6 is 0 Å². The highest BCUT2D eigenvalue weighted by atomic mass is 16.5. The van der Waals surface area contributed by atoms with E-state index in [9.17, 15) is 4.79 Å². The minimum Gasteiger partial charge on any atom is -0.493 e. The fourth-order valence-electron chi connectivity index (χ4n) is 1.52. The van der Waals surface area contributed by atoms with Crippen molar-refractivity contribution in [2.24, 2.45) is 0 Å². The predicted molar refractivity (Wildman–Crippen MR) is 73.6 cm³/mol. The second-order valence-corrected chi connectivity index (χ2v) is 3.60. The molecule has 6 nitrogen and oxygen atoms in total. The van der Waals surface area contributed by atoms with Gasteiger partial charge in [-0.15, -0.1) is 0 Å². The third-order valence-electron chi connectivity index (χ3n) is 2.34. The monoisotopic (exact) mass is 281 g/mol. The molecule has 0 atom stereocenters. The van der Waals surface area contributed by atoms with Gasteiger partial charge in [0.25, 0.3) is 0 Å². The summed E-state index contributed by atoms with van der Waals surface area (Å²) in [5.74, 6) is 0.595. The summed E-state index contributed by atoms with van der Waals surface area (Å²) in [5.41, 5.74) is 0.559. The SMILES string of the molecule is CCOC(=O)/C=C(\OCC)c1ccc(OC)nc1OC. The van der Waals surface area contributed by atoms with Crippen molar-refractivity contribution in [3.8, 4) is 11.8 Å². The van der Waals surface area contributed by atoms with E-state index < -0.39 is 5.97 Å². The molecule has 0 saturated carbocycles. The number of pyridine rings is 1. The van der Waals surface area contributed by atoms with Gasteiger partial charge in [0.1, 0.15) is 5.76 Å². The average molecular weight is 281 g/mol. The van der Waals surface area contributed by atoms with Crippen molar-refractivity contribution in [3.63, 3.8) is 0 Å². The van der Waals surface area contributed by atoms with Gasteiger partial charge in [-0.1, -0.05) is 0 Å². The maximum Gasteiger partial charge on any atom is 0.334 e. The summed E-state index contributed by atoms with van der Waals surface area (Å²) in [6.45, 7) is 4.26. The summed E-state index contributed by atoms with van der Waals surface area (Å²) in [6.07, 6.45) is 1.28. The number of hydrogen-bond acceptors (Lipinski definition) is 6. The average Bonchev–Trinajstić information content (AvgIpc) is 2.46. The molecule has 0 spiro atoms. The zero-order valence-corrected chi connectivity index (χ0v) is 12.1. The summed E-state index contributed by atoms with van der Waals surface area (Å²) in [5, 5.41) is 0. The molecule has 20 heavy (non-hydrogen) atoms. The van der Waals surface area contributed by atoms with Gasteiger partial charge in [0.2, 0.25) is 11.8 Å². The molecular formula is C14H19NO5. The normalized spacial score (nSPS) is 10.9. The van der Waals surface area contributed by atoms with Gasteiger partial charge < -0.3 is 18.9 Å². The summed E-state index contributed by atoms with van der Waals surface area (Å²) < 4.78 is 20.6. The van der Waals surface area contributed by atoms with Crippen LogP contribution in [0.5, 0.6) is 11.8 Å². The summed E-state index contributed by atoms with van der Waals surface area (Å²) in [6, 6.07) is 3.38. The molecule has 0 radical (unpaired) electrons. The number of methoxy groups -OCH3 is 2. The van der Waals surface area contributed by atoms with Crippen molar-refractivity contribution in [3.05, 3.63) is 23.8 Å². The smallest absolute Gasteiger partial charge is 0.334 e. The van der Waals surface area contributed by atoms with Crippen LogP contribution in [0.2, 0.25) is 0 Å². The Balaban J connectivity index is 3.17. The molecule has 0 N–H and O–H groups in total. The maximum atomic E-state index is 11.6. The minimum absolute atomic E-state index is 0.298. The Morgan fingerprint density at radius 3 is 2.40 bits per heavy atom. The summed E-state index contributed by atoms with van der Waals surface area (Å²) in [7, 11) is 3.00. The van der Waals surface area contributed by atoms with Crippen LogP contribution < -0.4 is 9.47 Å².